The van der Waals surface area contributed by atoms with Crippen LogP contribution >= 0.6 is 0 Å². The Hall–Kier alpha value is -1.15. The number of aliphatic hydroxyl groups excluding tert-OH is 1. The van der Waals surface area contributed by atoms with Crippen LogP contribution in [0.4, 0.5) is 0 Å². The highest BCUT2D eigenvalue weighted by Crippen LogP contribution is 2.25. The van der Waals surface area contributed by atoms with Crippen molar-refractivity contribution >= 4 is 5.78 Å². The van der Waals surface area contributed by atoms with E-state index in [1.54, 1.807) is 13.0 Å². The second kappa shape index (κ2) is 5.97. The van der Waals surface area contributed by atoms with Crippen molar-refractivity contribution in [2.24, 2.45) is 0 Å². The minimum absolute atomic E-state index is 0.0718. The summed E-state index contributed by atoms with van der Waals surface area (Å²) in [6.45, 7) is 7.94. The molecule has 1 aliphatic carbocycles. The Morgan fingerprint density at radius 3 is 2.71 bits per heavy atom. The quantitative estimate of drug-likeness (QED) is 0.600. The Labute approximate surface area is 104 Å². The predicted molar refractivity (Wildman–Crippen MR) is 70.8 cm³/mol. The number of carbonyl (C=O) groups is 1. The molecule has 1 unspecified atom stereocenters. The Morgan fingerprint density at radius 2 is 2.12 bits per heavy atom. The van der Waals surface area contributed by atoms with E-state index in [2.05, 4.69) is 19.9 Å². The maximum absolute atomic E-state index is 11.8. The predicted octanol–water partition coefficient (Wildman–Crippen LogP) is 3.33. The molecule has 0 amide bonds. The lowest BCUT2D eigenvalue weighted by atomic mass is 9.88. The molecule has 2 nitrogen and oxygen atoms in total. The van der Waals surface area contributed by atoms with Gasteiger partial charge in [0.1, 0.15) is 0 Å². The van der Waals surface area contributed by atoms with Gasteiger partial charge in [-0.2, -0.15) is 0 Å². The molecule has 0 fully saturated rings. The zero-order chi connectivity index (χ0) is 13.0. The highest BCUT2D eigenvalue weighted by atomic mass is 16.3. The fourth-order valence-corrected chi connectivity index (χ4v) is 1.96. The third-order valence-electron chi connectivity index (χ3n) is 3.17. The monoisotopic (exact) mass is 234 g/mol. The summed E-state index contributed by atoms with van der Waals surface area (Å²) in [7, 11) is 0. The summed E-state index contributed by atoms with van der Waals surface area (Å²) in [6, 6.07) is 0. The summed E-state index contributed by atoms with van der Waals surface area (Å²) in [4.78, 5) is 11.8. The summed E-state index contributed by atoms with van der Waals surface area (Å²) in [5.74, 6) is 0.0718. The van der Waals surface area contributed by atoms with Crippen LogP contribution in [-0.4, -0.2) is 17.0 Å². The van der Waals surface area contributed by atoms with E-state index in [1.807, 2.05) is 6.92 Å². The van der Waals surface area contributed by atoms with Crippen molar-refractivity contribution in [3.63, 3.8) is 0 Å². The first-order chi connectivity index (χ1) is 7.91. The summed E-state index contributed by atoms with van der Waals surface area (Å²) >= 11 is 0. The number of aliphatic hydroxyl groups is 1. The number of ketones is 1. The third-order valence-corrected chi connectivity index (χ3v) is 3.17. The fourth-order valence-electron chi connectivity index (χ4n) is 1.96. The van der Waals surface area contributed by atoms with Crippen LogP contribution < -0.4 is 0 Å². The Morgan fingerprint density at radius 1 is 1.47 bits per heavy atom. The summed E-state index contributed by atoms with van der Waals surface area (Å²) in [6.07, 6.45) is 5.58. The standard InChI is InChI=1S/C15H22O2/c1-10(2)6-5-7-11(3)13-9-14(16)12(4)8-15(13)17/h6,8,14,16H,5,7,9H2,1-4H3. The molecule has 0 aromatic carbocycles. The van der Waals surface area contributed by atoms with E-state index in [9.17, 15) is 9.90 Å². The van der Waals surface area contributed by atoms with Crippen molar-refractivity contribution in [3.8, 4) is 0 Å². The van der Waals surface area contributed by atoms with E-state index >= 15 is 0 Å². The van der Waals surface area contributed by atoms with E-state index in [0.29, 0.717) is 6.42 Å². The number of hydrogen-bond acceptors (Lipinski definition) is 2. The molecule has 0 bridgehead atoms. The van der Waals surface area contributed by atoms with Crippen LogP contribution in [0.3, 0.4) is 0 Å². The van der Waals surface area contributed by atoms with Gasteiger partial charge >= 0.3 is 0 Å². The van der Waals surface area contributed by atoms with Gasteiger partial charge in [0.25, 0.3) is 0 Å². The first kappa shape index (κ1) is 13.9. The summed E-state index contributed by atoms with van der Waals surface area (Å²) < 4.78 is 0. The van der Waals surface area contributed by atoms with Gasteiger partial charge in [-0.3, -0.25) is 4.79 Å². The maximum Gasteiger partial charge on any atom is 0.181 e. The second-order valence-electron chi connectivity index (χ2n) is 5.05. The molecule has 0 saturated heterocycles. The lowest BCUT2D eigenvalue weighted by Crippen LogP contribution is -2.20. The third kappa shape index (κ3) is 3.97. The van der Waals surface area contributed by atoms with Crippen LogP contribution in [0.25, 0.3) is 0 Å². The first-order valence-electron chi connectivity index (χ1n) is 6.14. The van der Waals surface area contributed by atoms with Crippen molar-refractivity contribution < 1.29 is 9.90 Å². The molecule has 0 radical (unpaired) electrons. The van der Waals surface area contributed by atoms with Crippen LogP contribution in [0.1, 0.15) is 47.0 Å². The van der Waals surface area contributed by atoms with Crippen molar-refractivity contribution in [2.45, 2.75) is 53.1 Å². The smallest absolute Gasteiger partial charge is 0.181 e. The van der Waals surface area contributed by atoms with Crippen molar-refractivity contribution in [1.82, 2.24) is 0 Å². The van der Waals surface area contributed by atoms with Crippen LogP contribution in [0, 0.1) is 0 Å². The molecule has 0 heterocycles. The molecule has 1 rings (SSSR count). The Balaban J connectivity index is 2.77. The van der Waals surface area contributed by atoms with Gasteiger partial charge in [-0.15, -0.1) is 0 Å². The minimum Gasteiger partial charge on any atom is -0.388 e. The molecule has 0 saturated carbocycles. The molecular formula is C15H22O2. The number of carbonyl (C=O) groups excluding carboxylic acids is 1. The normalized spacial score (nSPS) is 23.2. The van der Waals surface area contributed by atoms with E-state index in [4.69, 9.17) is 0 Å². The summed E-state index contributed by atoms with van der Waals surface area (Å²) in [5.41, 5.74) is 3.98. The zero-order valence-electron chi connectivity index (χ0n) is 11.2. The highest BCUT2D eigenvalue weighted by Gasteiger charge is 2.22. The van der Waals surface area contributed by atoms with E-state index in [1.165, 1.54) is 5.57 Å². The molecule has 0 spiro atoms. The topological polar surface area (TPSA) is 37.3 Å². The number of allylic oxidation sites excluding steroid dienone is 4. The minimum atomic E-state index is -0.485. The zero-order valence-corrected chi connectivity index (χ0v) is 11.2. The van der Waals surface area contributed by atoms with Crippen molar-refractivity contribution in [2.75, 3.05) is 0 Å². The number of hydrogen-bond donors (Lipinski definition) is 1. The SMILES string of the molecule is CC(C)=CCCC(C)=C1CC(O)C(C)=CC1=O. The maximum atomic E-state index is 11.8. The van der Waals surface area contributed by atoms with Crippen LogP contribution in [0.2, 0.25) is 0 Å². The van der Waals surface area contributed by atoms with Crippen molar-refractivity contribution in [1.29, 1.82) is 0 Å². The fraction of sp³-hybridized carbons (Fsp3) is 0.533. The molecule has 2 heteroatoms. The van der Waals surface area contributed by atoms with Gasteiger partial charge in [-0.05, 0) is 52.2 Å². The molecular weight excluding hydrogens is 212 g/mol. The van der Waals surface area contributed by atoms with Crippen LogP contribution in [-0.2, 0) is 4.79 Å². The van der Waals surface area contributed by atoms with E-state index < -0.39 is 6.10 Å². The van der Waals surface area contributed by atoms with Gasteiger partial charge in [-0.25, -0.2) is 0 Å². The largest absolute Gasteiger partial charge is 0.388 e. The van der Waals surface area contributed by atoms with Gasteiger partial charge in [0, 0.05) is 12.0 Å². The molecule has 1 aliphatic rings. The number of rotatable bonds is 3. The molecule has 17 heavy (non-hydrogen) atoms. The lowest BCUT2D eigenvalue weighted by molar-refractivity contribution is -0.112. The molecule has 0 aromatic rings. The van der Waals surface area contributed by atoms with Crippen molar-refractivity contribution in [3.05, 3.63) is 34.4 Å². The lowest BCUT2D eigenvalue weighted by Gasteiger charge is -2.20. The average molecular weight is 234 g/mol. The van der Waals surface area contributed by atoms with E-state index in [-0.39, 0.29) is 5.78 Å². The molecule has 1 atom stereocenters. The average Bonchev–Trinajstić information content (AvgIpc) is 2.22. The first-order valence-corrected chi connectivity index (χ1v) is 6.14. The van der Waals surface area contributed by atoms with Gasteiger partial charge in [0.05, 0.1) is 6.10 Å². The molecule has 0 aliphatic heterocycles. The molecule has 0 aromatic heterocycles. The Kier molecular flexibility index (Phi) is 4.88. The van der Waals surface area contributed by atoms with Crippen LogP contribution in [0.15, 0.2) is 34.4 Å². The Bertz CT molecular complexity index is 393. The second-order valence-corrected chi connectivity index (χ2v) is 5.05. The summed E-state index contributed by atoms with van der Waals surface area (Å²) in [5, 5.41) is 9.76. The van der Waals surface area contributed by atoms with Gasteiger partial charge in [0.15, 0.2) is 5.78 Å². The highest BCUT2D eigenvalue weighted by molar-refractivity contribution is 6.06. The van der Waals surface area contributed by atoms with Gasteiger partial charge in [-0.1, -0.05) is 17.2 Å². The molecule has 94 valence electrons. The van der Waals surface area contributed by atoms with E-state index in [0.717, 1.165) is 29.6 Å². The van der Waals surface area contributed by atoms with Gasteiger partial charge < -0.3 is 5.11 Å². The molecule has 1 N–H and O–H groups in total. The van der Waals surface area contributed by atoms with Gasteiger partial charge in [0.2, 0.25) is 0 Å². The van der Waals surface area contributed by atoms with Crippen LogP contribution in [0.5, 0.6) is 0 Å².